The Bertz CT molecular complexity index is 1200. The Morgan fingerprint density at radius 1 is 1.25 bits per heavy atom. The number of amides is 1. The summed E-state index contributed by atoms with van der Waals surface area (Å²) in [7, 11) is 3.25. The summed E-state index contributed by atoms with van der Waals surface area (Å²) in [5.41, 5.74) is 1.74. The van der Waals surface area contributed by atoms with Crippen molar-refractivity contribution in [2.24, 2.45) is 17.0 Å². The van der Waals surface area contributed by atoms with E-state index in [0.29, 0.717) is 10.9 Å². The van der Waals surface area contributed by atoms with E-state index in [0.717, 1.165) is 23.1 Å². The summed E-state index contributed by atoms with van der Waals surface area (Å²) in [5, 5.41) is 16.3. The van der Waals surface area contributed by atoms with Gasteiger partial charge in [-0.05, 0) is 41.8 Å². The number of hydrogen-bond donors (Lipinski definition) is 0. The number of thioether (sulfide) groups is 1. The molecule has 0 fully saturated rings. The van der Waals surface area contributed by atoms with E-state index in [9.17, 15) is 9.90 Å². The standard InChI is InChI=1S/C22H19N5O4S/c1-26-13-20(31-25-26)24-19(28)14-32-22-23-18(12-15-8-10-17(30-2)11-9-15)21(29)27(22)16-6-4-3-5-7-16/h3-13H,14H2,1-2H3/b18-12+. The monoisotopic (exact) mass is 449 g/mol. The minimum Gasteiger partial charge on any atom is -0.861 e. The van der Waals surface area contributed by atoms with Crippen LogP contribution in [0.5, 0.6) is 5.75 Å². The van der Waals surface area contributed by atoms with Crippen molar-refractivity contribution < 1.29 is 23.8 Å². The fraction of sp³-hybridized carbons (Fsp3) is 0.136. The normalized spacial score (nSPS) is 15.4. The van der Waals surface area contributed by atoms with Gasteiger partial charge in [0.15, 0.2) is 17.5 Å². The van der Waals surface area contributed by atoms with Crippen LogP contribution in [-0.4, -0.2) is 35.1 Å². The number of benzene rings is 2. The van der Waals surface area contributed by atoms with E-state index in [4.69, 9.17) is 9.26 Å². The molecule has 2 heterocycles. The van der Waals surface area contributed by atoms with Crippen LogP contribution < -0.4 is 19.4 Å². The van der Waals surface area contributed by atoms with Gasteiger partial charge in [-0.15, -0.1) is 0 Å². The fourth-order valence-corrected chi connectivity index (χ4v) is 3.70. The van der Waals surface area contributed by atoms with Crippen LogP contribution in [0.15, 0.2) is 81.0 Å². The number of carbonyl (C=O) groups excluding carboxylic acids is 1. The first kappa shape index (κ1) is 21.3. The van der Waals surface area contributed by atoms with Crippen molar-refractivity contribution in [3.8, 4) is 5.75 Å². The van der Waals surface area contributed by atoms with Crippen molar-refractivity contribution >= 4 is 46.4 Å². The molecule has 1 amide bonds. The van der Waals surface area contributed by atoms with Crippen LogP contribution in [0.25, 0.3) is 6.08 Å². The van der Waals surface area contributed by atoms with Gasteiger partial charge in [0, 0.05) is 5.75 Å². The maximum atomic E-state index is 13.2. The van der Waals surface area contributed by atoms with Crippen LogP contribution in [0.4, 0.5) is 11.6 Å². The second-order valence-electron chi connectivity index (χ2n) is 6.68. The predicted octanol–water partition coefficient (Wildman–Crippen LogP) is 2.08. The fourth-order valence-electron chi connectivity index (χ4n) is 2.90. The molecule has 10 heteroatoms. The van der Waals surface area contributed by atoms with Crippen molar-refractivity contribution in [2.75, 3.05) is 17.8 Å². The van der Waals surface area contributed by atoms with Crippen LogP contribution in [0, 0.1) is 0 Å². The molecule has 1 aliphatic rings. The molecule has 2 aromatic carbocycles. The number of ether oxygens (including phenoxy) is 1. The lowest BCUT2D eigenvalue weighted by Crippen LogP contribution is -2.31. The number of rotatable bonds is 6. The molecule has 0 bridgehead atoms. The minimum absolute atomic E-state index is 0.0182. The molecule has 1 aromatic heterocycles. The van der Waals surface area contributed by atoms with E-state index in [1.807, 2.05) is 54.6 Å². The zero-order chi connectivity index (χ0) is 22.5. The topological polar surface area (TPSA) is 107 Å². The average Bonchev–Trinajstić information content (AvgIpc) is 3.35. The highest BCUT2D eigenvalue weighted by Gasteiger charge is 2.31. The van der Waals surface area contributed by atoms with Gasteiger partial charge in [-0.2, -0.15) is 0 Å². The summed E-state index contributed by atoms with van der Waals surface area (Å²) >= 11 is 1.13. The molecule has 0 aliphatic carbocycles. The SMILES string of the molecule is COc1ccc(/C=C2/N=C(SC/C([O-])=N/c3c[n+](C)no3)N(c3ccccc3)C2=O)cc1. The second-order valence-corrected chi connectivity index (χ2v) is 7.62. The van der Waals surface area contributed by atoms with Crippen LogP contribution in [0.2, 0.25) is 0 Å². The summed E-state index contributed by atoms with van der Waals surface area (Å²) in [4.78, 5) is 23.0. The van der Waals surface area contributed by atoms with Crippen molar-refractivity contribution in [1.82, 2.24) is 5.27 Å². The lowest BCUT2D eigenvalue weighted by atomic mass is 10.2. The summed E-state index contributed by atoms with van der Waals surface area (Å²) in [6, 6.07) is 16.4. The quantitative estimate of drug-likeness (QED) is 0.247. The summed E-state index contributed by atoms with van der Waals surface area (Å²) in [6.45, 7) is 0. The molecule has 0 N–H and O–H groups in total. The summed E-state index contributed by atoms with van der Waals surface area (Å²) < 4.78 is 11.5. The smallest absolute Gasteiger partial charge is 0.320 e. The third kappa shape index (κ3) is 4.86. The van der Waals surface area contributed by atoms with E-state index in [2.05, 4.69) is 15.3 Å². The molecule has 32 heavy (non-hydrogen) atoms. The molecule has 0 saturated heterocycles. The number of methoxy groups -OCH3 is 1. The lowest BCUT2D eigenvalue weighted by molar-refractivity contribution is -0.739. The summed E-state index contributed by atoms with van der Waals surface area (Å²) in [5.74, 6) is 0.111. The van der Waals surface area contributed by atoms with Gasteiger partial charge in [0.1, 0.15) is 11.4 Å². The molecule has 0 spiro atoms. The number of aliphatic imine (C=N–C) groups is 2. The molecular formula is C22H19N5O4S. The Morgan fingerprint density at radius 2 is 2.00 bits per heavy atom. The maximum absolute atomic E-state index is 13.2. The average molecular weight is 449 g/mol. The molecule has 162 valence electrons. The highest BCUT2D eigenvalue weighted by molar-refractivity contribution is 8.14. The van der Waals surface area contributed by atoms with Gasteiger partial charge in [-0.1, -0.05) is 46.8 Å². The highest BCUT2D eigenvalue weighted by atomic mass is 32.2. The van der Waals surface area contributed by atoms with Gasteiger partial charge in [0.25, 0.3) is 12.1 Å². The van der Waals surface area contributed by atoms with E-state index in [1.165, 1.54) is 15.8 Å². The molecule has 9 nitrogen and oxygen atoms in total. The number of para-hydroxylation sites is 1. The van der Waals surface area contributed by atoms with Crippen LogP contribution in [0.1, 0.15) is 5.56 Å². The van der Waals surface area contributed by atoms with Crippen LogP contribution in [0.3, 0.4) is 0 Å². The molecule has 0 unspecified atom stereocenters. The number of anilines is 1. The molecule has 3 aromatic rings. The van der Waals surface area contributed by atoms with E-state index < -0.39 is 5.90 Å². The first-order valence-corrected chi connectivity index (χ1v) is 10.6. The summed E-state index contributed by atoms with van der Waals surface area (Å²) in [6.07, 6.45) is 3.19. The number of nitrogens with zero attached hydrogens (tertiary/aromatic N) is 5. The minimum atomic E-state index is -0.428. The van der Waals surface area contributed by atoms with Crippen LogP contribution in [-0.2, 0) is 11.8 Å². The van der Waals surface area contributed by atoms with E-state index >= 15 is 0 Å². The van der Waals surface area contributed by atoms with Gasteiger partial charge in [0.05, 0.1) is 12.8 Å². The van der Waals surface area contributed by atoms with Crippen LogP contribution >= 0.6 is 11.8 Å². The first-order valence-electron chi connectivity index (χ1n) is 9.57. The molecule has 0 atom stereocenters. The molecular weight excluding hydrogens is 430 g/mol. The zero-order valence-electron chi connectivity index (χ0n) is 17.3. The third-order valence-electron chi connectivity index (χ3n) is 4.38. The largest absolute Gasteiger partial charge is 0.861 e. The molecule has 1 aliphatic heterocycles. The van der Waals surface area contributed by atoms with Gasteiger partial charge >= 0.3 is 5.88 Å². The van der Waals surface area contributed by atoms with E-state index in [1.54, 1.807) is 20.2 Å². The molecule has 0 radical (unpaired) electrons. The van der Waals surface area contributed by atoms with Crippen molar-refractivity contribution in [2.45, 2.75) is 0 Å². The first-order chi connectivity index (χ1) is 15.5. The van der Waals surface area contributed by atoms with Gasteiger partial charge < -0.3 is 9.84 Å². The second kappa shape index (κ2) is 9.48. The molecule has 4 rings (SSSR count). The Kier molecular flexibility index (Phi) is 6.31. The number of amidine groups is 1. The Morgan fingerprint density at radius 3 is 2.66 bits per heavy atom. The third-order valence-corrected chi connectivity index (χ3v) is 5.31. The number of aryl methyl sites for hydroxylation is 1. The van der Waals surface area contributed by atoms with Gasteiger partial charge in [0.2, 0.25) is 0 Å². The Balaban J connectivity index is 1.59. The Hall–Kier alpha value is -3.92. The van der Waals surface area contributed by atoms with E-state index in [-0.39, 0.29) is 23.2 Å². The van der Waals surface area contributed by atoms with Crippen molar-refractivity contribution in [3.05, 3.63) is 72.1 Å². The number of carbonyl (C=O) groups is 1. The lowest BCUT2D eigenvalue weighted by Gasteiger charge is -2.18. The van der Waals surface area contributed by atoms with Crippen molar-refractivity contribution in [1.29, 1.82) is 0 Å². The van der Waals surface area contributed by atoms with Gasteiger partial charge in [-0.25, -0.2) is 9.98 Å². The predicted molar refractivity (Wildman–Crippen MR) is 120 cm³/mol. The number of hydrogen-bond acceptors (Lipinski definition) is 8. The van der Waals surface area contributed by atoms with Gasteiger partial charge in [-0.3, -0.25) is 14.2 Å². The highest BCUT2D eigenvalue weighted by Crippen LogP contribution is 2.29. The Labute approximate surface area is 188 Å². The zero-order valence-corrected chi connectivity index (χ0v) is 18.2. The number of aromatic nitrogens is 2. The molecule has 0 saturated carbocycles. The maximum Gasteiger partial charge on any atom is 0.320 e. The van der Waals surface area contributed by atoms with Crippen molar-refractivity contribution in [3.63, 3.8) is 0 Å².